The van der Waals surface area contributed by atoms with Gasteiger partial charge in [-0.25, -0.2) is 0 Å². The Hall–Kier alpha value is -0.120. The fraction of sp³-hybridized carbons (Fsp3) is 1.00. The highest BCUT2D eigenvalue weighted by Gasteiger charge is 2.36. The molecule has 3 unspecified atom stereocenters. The maximum Gasteiger partial charge on any atom is 0.0836 e. The van der Waals surface area contributed by atoms with Crippen LogP contribution in [0.1, 0.15) is 52.9 Å². The Morgan fingerprint density at radius 1 is 1.22 bits per heavy atom. The van der Waals surface area contributed by atoms with Gasteiger partial charge in [-0.3, -0.25) is 0 Å². The van der Waals surface area contributed by atoms with Crippen molar-refractivity contribution in [2.24, 2.45) is 11.3 Å². The third kappa shape index (κ3) is 4.52. The van der Waals surface area contributed by atoms with Crippen LogP contribution in [0.5, 0.6) is 0 Å². The predicted octanol–water partition coefficient (Wildman–Crippen LogP) is 3.01. The maximum atomic E-state index is 10.0. The van der Waals surface area contributed by atoms with E-state index in [-0.39, 0.29) is 12.2 Å². The van der Waals surface area contributed by atoms with Crippen molar-refractivity contribution in [1.82, 2.24) is 0 Å². The van der Waals surface area contributed by atoms with Crippen molar-refractivity contribution in [3.63, 3.8) is 0 Å². The molecule has 1 rings (SSSR count). The molecule has 0 aromatic rings. The molecule has 1 aliphatic carbocycles. The summed E-state index contributed by atoms with van der Waals surface area (Å²) >= 11 is 0. The maximum absolute atomic E-state index is 10.0. The lowest BCUT2D eigenvalue weighted by molar-refractivity contribution is -0.0882. The highest BCUT2D eigenvalue weighted by atomic mass is 16.5. The van der Waals surface area contributed by atoms with Crippen molar-refractivity contribution >= 4 is 0 Å². The molecule has 0 aromatic heterocycles. The van der Waals surface area contributed by atoms with Gasteiger partial charge in [-0.15, -0.1) is 0 Å². The molecule has 3 nitrogen and oxygen atoms in total. The van der Waals surface area contributed by atoms with E-state index in [1.807, 2.05) is 0 Å². The lowest BCUT2D eigenvalue weighted by Gasteiger charge is -2.41. The second-order valence-electron chi connectivity index (χ2n) is 6.18. The van der Waals surface area contributed by atoms with Gasteiger partial charge in [0.25, 0.3) is 0 Å². The number of methoxy groups -OCH3 is 1. The van der Waals surface area contributed by atoms with Crippen molar-refractivity contribution in [3.8, 4) is 0 Å². The van der Waals surface area contributed by atoms with E-state index in [1.165, 1.54) is 6.42 Å². The molecular formula is C15H30O3. The summed E-state index contributed by atoms with van der Waals surface area (Å²) < 4.78 is 10.8. The Balaban J connectivity index is 2.41. The van der Waals surface area contributed by atoms with Gasteiger partial charge >= 0.3 is 0 Å². The molecule has 1 N–H and O–H groups in total. The lowest BCUT2D eigenvalue weighted by atomic mass is 9.68. The minimum Gasteiger partial charge on any atom is -0.390 e. The molecule has 0 aromatic carbocycles. The Morgan fingerprint density at radius 2 is 1.94 bits per heavy atom. The molecule has 0 spiro atoms. The number of ether oxygens (including phenoxy) is 2. The number of rotatable bonds is 7. The van der Waals surface area contributed by atoms with Gasteiger partial charge < -0.3 is 14.6 Å². The Morgan fingerprint density at radius 3 is 2.56 bits per heavy atom. The van der Waals surface area contributed by atoms with Gasteiger partial charge in [0.15, 0.2) is 0 Å². The molecule has 1 saturated carbocycles. The first-order valence-corrected chi connectivity index (χ1v) is 7.30. The smallest absolute Gasteiger partial charge is 0.0836 e. The summed E-state index contributed by atoms with van der Waals surface area (Å²) in [4.78, 5) is 0. The van der Waals surface area contributed by atoms with Crippen molar-refractivity contribution in [2.75, 3.05) is 20.3 Å². The lowest BCUT2D eigenvalue weighted by Crippen LogP contribution is -2.40. The zero-order valence-corrected chi connectivity index (χ0v) is 12.4. The van der Waals surface area contributed by atoms with Gasteiger partial charge in [0.1, 0.15) is 0 Å². The minimum atomic E-state index is -0.281. The molecule has 0 amide bonds. The van der Waals surface area contributed by atoms with E-state index in [9.17, 15) is 5.11 Å². The first-order valence-electron chi connectivity index (χ1n) is 7.30. The third-order valence-corrected chi connectivity index (χ3v) is 4.60. The van der Waals surface area contributed by atoms with Gasteiger partial charge in [-0.05, 0) is 37.0 Å². The molecule has 108 valence electrons. The van der Waals surface area contributed by atoms with Crippen LogP contribution in [0.4, 0.5) is 0 Å². The van der Waals surface area contributed by atoms with Gasteiger partial charge in [0.2, 0.25) is 0 Å². The number of hydrogen-bond donors (Lipinski definition) is 1. The second kappa shape index (κ2) is 7.46. The van der Waals surface area contributed by atoms with Gasteiger partial charge in [-0.1, -0.05) is 27.2 Å². The number of hydrogen-bond acceptors (Lipinski definition) is 3. The van der Waals surface area contributed by atoms with Crippen LogP contribution in [0.25, 0.3) is 0 Å². The Kier molecular flexibility index (Phi) is 6.61. The summed E-state index contributed by atoms with van der Waals surface area (Å²) in [6.45, 7) is 8.33. The molecule has 1 aliphatic rings. The Labute approximate surface area is 112 Å². The van der Waals surface area contributed by atoms with Crippen LogP contribution < -0.4 is 0 Å². The molecular weight excluding hydrogens is 228 g/mol. The largest absolute Gasteiger partial charge is 0.390 e. The highest BCUT2D eigenvalue weighted by molar-refractivity contribution is 4.87. The number of aliphatic hydroxyl groups excluding tert-OH is 1. The van der Waals surface area contributed by atoms with E-state index in [1.54, 1.807) is 7.11 Å². The first-order chi connectivity index (χ1) is 8.51. The van der Waals surface area contributed by atoms with Crippen LogP contribution in [-0.2, 0) is 9.47 Å². The molecule has 0 heterocycles. The summed E-state index contributed by atoms with van der Waals surface area (Å²) in [7, 11) is 1.70. The summed E-state index contributed by atoms with van der Waals surface area (Å²) in [6.07, 6.45) is 4.83. The summed E-state index contributed by atoms with van der Waals surface area (Å²) in [5.74, 6) is 0.665. The van der Waals surface area contributed by atoms with Crippen molar-refractivity contribution in [3.05, 3.63) is 0 Å². The molecule has 0 bridgehead atoms. The van der Waals surface area contributed by atoms with Crippen LogP contribution in [0.15, 0.2) is 0 Å². The third-order valence-electron chi connectivity index (χ3n) is 4.60. The predicted molar refractivity (Wildman–Crippen MR) is 73.7 cm³/mol. The topological polar surface area (TPSA) is 38.7 Å². The van der Waals surface area contributed by atoms with Crippen LogP contribution in [0, 0.1) is 11.3 Å². The Bertz CT molecular complexity index is 228. The SMILES string of the molecule is CCC(C)(C)C1CCC(O)C(OCCCOC)C1. The summed E-state index contributed by atoms with van der Waals surface area (Å²) in [5.41, 5.74) is 0.355. The normalized spacial score (nSPS) is 29.5. The average Bonchev–Trinajstić information content (AvgIpc) is 2.36. The van der Waals surface area contributed by atoms with E-state index in [0.29, 0.717) is 17.9 Å². The zero-order chi connectivity index (χ0) is 13.6. The van der Waals surface area contributed by atoms with Crippen LogP contribution in [-0.4, -0.2) is 37.6 Å². The van der Waals surface area contributed by atoms with E-state index >= 15 is 0 Å². The quantitative estimate of drug-likeness (QED) is 0.713. The first kappa shape index (κ1) is 15.9. The van der Waals surface area contributed by atoms with E-state index in [2.05, 4.69) is 20.8 Å². The van der Waals surface area contributed by atoms with E-state index in [4.69, 9.17) is 9.47 Å². The fourth-order valence-corrected chi connectivity index (χ4v) is 2.73. The zero-order valence-electron chi connectivity index (χ0n) is 12.4. The highest BCUT2D eigenvalue weighted by Crippen LogP contribution is 2.41. The van der Waals surface area contributed by atoms with Crippen LogP contribution in [0.2, 0.25) is 0 Å². The molecule has 0 aliphatic heterocycles. The van der Waals surface area contributed by atoms with E-state index < -0.39 is 0 Å². The minimum absolute atomic E-state index is 0.0198. The van der Waals surface area contributed by atoms with Gasteiger partial charge in [0, 0.05) is 20.3 Å². The number of aliphatic hydroxyl groups is 1. The molecule has 1 fully saturated rings. The van der Waals surface area contributed by atoms with Gasteiger partial charge in [0.05, 0.1) is 12.2 Å². The van der Waals surface area contributed by atoms with Crippen molar-refractivity contribution in [2.45, 2.75) is 65.1 Å². The van der Waals surface area contributed by atoms with Crippen LogP contribution in [0.3, 0.4) is 0 Å². The molecule has 0 saturated heterocycles. The molecule has 0 radical (unpaired) electrons. The van der Waals surface area contributed by atoms with Gasteiger partial charge in [-0.2, -0.15) is 0 Å². The molecule has 3 heteroatoms. The van der Waals surface area contributed by atoms with E-state index in [0.717, 1.165) is 32.3 Å². The summed E-state index contributed by atoms with van der Waals surface area (Å²) in [6, 6.07) is 0. The monoisotopic (exact) mass is 258 g/mol. The molecule has 3 atom stereocenters. The fourth-order valence-electron chi connectivity index (χ4n) is 2.73. The van der Waals surface area contributed by atoms with Crippen molar-refractivity contribution in [1.29, 1.82) is 0 Å². The molecule has 18 heavy (non-hydrogen) atoms. The second-order valence-corrected chi connectivity index (χ2v) is 6.18. The summed E-state index contributed by atoms with van der Waals surface area (Å²) in [5, 5.41) is 10.0. The van der Waals surface area contributed by atoms with Crippen molar-refractivity contribution < 1.29 is 14.6 Å². The average molecular weight is 258 g/mol. The standard InChI is InChI=1S/C15H30O3/c1-5-15(2,3)12-7-8-13(16)14(11-12)18-10-6-9-17-4/h12-14,16H,5-11H2,1-4H3. The van der Waals surface area contributed by atoms with Crippen LogP contribution >= 0.6 is 0 Å².